The number of nitrogens with one attached hydrogen (secondary N) is 1. The fraction of sp³-hybridized carbons (Fsp3) is 0.500. The Hall–Kier alpha value is -1.10. The molecule has 1 N–H and O–H groups in total. The Morgan fingerprint density at radius 3 is 2.82 bits per heavy atom. The smallest absolute Gasteiger partial charge is 0.233 e. The van der Waals surface area contributed by atoms with Crippen LogP contribution < -0.4 is 10.1 Å². The first-order valence-electron chi connectivity index (χ1n) is 5.53. The van der Waals surface area contributed by atoms with Crippen molar-refractivity contribution in [2.75, 3.05) is 0 Å². The molecule has 0 saturated heterocycles. The van der Waals surface area contributed by atoms with E-state index >= 15 is 0 Å². The lowest BCUT2D eigenvalue weighted by molar-refractivity contribution is -0.120. The Morgan fingerprint density at radius 1 is 1.53 bits per heavy atom. The third kappa shape index (κ3) is 4.73. The fourth-order valence-electron chi connectivity index (χ4n) is 1.21. The summed E-state index contributed by atoms with van der Waals surface area (Å²) in [7, 11) is 0. The summed E-state index contributed by atoms with van der Waals surface area (Å²) in [5.41, 5.74) is 0.878. The highest BCUT2D eigenvalue weighted by Crippen LogP contribution is 2.15. The summed E-state index contributed by atoms with van der Waals surface area (Å²) < 4.78 is 5.56. The number of aromatic nitrogens is 1. The Kier molecular flexibility index (Phi) is 5.41. The number of hydrogen-bond acceptors (Lipinski definition) is 3. The molecule has 0 radical (unpaired) electrons. The molecule has 1 aromatic heterocycles. The lowest BCUT2D eigenvalue weighted by atomic mass is 10.2. The molecule has 1 heterocycles. The van der Waals surface area contributed by atoms with Crippen LogP contribution in [0.25, 0.3) is 0 Å². The van der Waals surface area contributed by atoms with E-state index in [4.69, 9.17) is 4.74 Å². The van der Waals surface area contributed by atoms with Gasteiger partial charge in [0.25, 0.3) is 0 Å². The van der Waals surface area contributed by atoms with E-state index in [1.165, 1.54) is 0 Å². The number of nitrogens with zero attached hydrogens (tertiary/aromatic N) is 1. The number of amides is 1. The summed E-state index contributed by atoms with van der Waals surface area (Å²) in [6, 6.07) is 3.72. The number of carbonyl (C=O) groups excluding carboxylic acids is 1. The SMILES string of the molecule is CC(C)Oc1ncccc1CNC(=O)C(C)Br. The average molecular weight is 301 g/mol. The maximum Gasteiger partial charge on any atom is 0.233 e. The van der Waals surface area contributed by atoms with Crippen LogP contribution in [0.15, 0.2) is 18.3 Å². The normalized spacial score (nSPS) is 12.3. The zero-order chi connectivity index (χ0) is 12.8. The number of halogens is 1. The van der Waals surface area contributed by atoms with Crippen molar-refractivity contribution in [3.05, 3.63) is 23.9 Å². The van der Waals surface area contributed by atoms with Crippen LogP contribution in [0.5, 0.6) is 5.88 Å². The van der Waals surface area contributed by atoms with Gasteiger partial charge in [-0.25, -0.2) is 4.98 Å². The molecule has 0 bridgehead atoms. The van der Waals surface area contributed by atoms with E-state index in [9.17, 15) is 4.79 Å². The Balaban J connectivity index is 2.67. The second-order valence-electron chi connectivity index (χ2n) is 3.97. The predicted molar refractivity (Wildman–Crippen MR) is 70.2 cm³/mol. The molecule has 1 atom stereocenters. The first-order chi connectivity index (χ1) is 8.00. The second kappa shape index (κ2) is 6.59. The summed E-state index contributed by atoms with van der Waals surface area (Å²) in [5.74, 6) is 0.523. The third-order valence-electron chi connectivity index (χ3n) is 2.01. The van der Waals surface area contributed by atoms with Crippen molar-refractivity contribution in [3.8, 4) is 5.88 Å². The van der Waals surface area contributed by atoms with E-state index in [1.54, 1.807) is 13.1 Å². The molecule has 0 aliphatic heterocycles. The van der Waals surface area contributed by atoms with Gasteiger partial charge in [-0.1, -0.05) is 22.0 Å². The van der Waals surface area contributed by atoms with Gasteiger partial charge in [-0.15, -0.1) is 0 Å². The van der Waals surface area contributed by atoms with Crippen molar-refractivity contribution < 1.29 is 9.53 Å². The first kappa shape index (κ1) is 14.0. The fourth-order valence-corrected chi connectivity index (χ4v) is 1.37. The summed E-state index contributed by atoms with van der Waals surface area (Å²) in [4.78, 5) is 15.4. The molecule has 17 heavy (non-hydrogen) atoms. The number of carbonyl (C=O) groups is 1. The van der Waals surface area contributed by atoms with Gasteiger partial charge >= 0.3 is 0 Å². The molecule has 0 fully saturated rings. The maximum absolute atomic E-state index is 11.4. The van der Waals surface area contributed by atoms with Gasteiger partial charge in [0.15, 0.2) is 0 Å². The topological polar surface area (TPSA) is 51.2 Å². The molecule has 4 nitrogen and oxygen atoms in total. The van der Waals surface area contributed by atoms with Crippen LogP contribution in [0, 0.1) is 0 Å². The molecule has 1 unspecified atom stereocenters. The average Bonchev–Trinajstić information content (AvgIpc) is 2.26. The number of pyridine rings is 1. The van der Waals surface area contributed by atoms with Crippen molar-refractivity contribution in [3.63, 3.8) is 0 Å². The highest BCUT2D eigenvalue weighted by atomic mass is 79.9. The van der Waals surface area contributed by atoms with Crippen molar-refractivity contribution in [1.29, 1.82) is 0 Å². The molecule has 0 aliphatic rings. The van der Waals surface area contributed by atoms with E-state index in [1.807, 2.05) is 26.0 Å². The van der Waals surface area contributed by atoms with Gasteiger partial charge in [0, 0.05) is 18.3 Å². The molecule has 1 amide bonds. The number of hydrogen-bond donors (Lipinski definition) is 1. The van der Waals surface area contributed by atoms with E-state index in [2.05, 4.69) is 26.2 Å². The van der Waals surface area contributed by atoms with E-state index in [-0.39, 0.29) is 16.8 Å². The molecule has 94 valence electrons. The van der Waals surface area contributed by atoms with Crippen LogP contribution in [-0.2, 0) is 11.3 Å². The van der Waals surface area contributed by atoms with Gasteiger partial charge in [0.1, 0.15) is 0 Å². The van der Waals surface area contributed by atoms with Crippen molar-refractivity contribution in [2.24, 2.45) is 0 Å². The van der Waals surface area contributed by atoms with Crippen LogP contribution in [0.4, 0.5) is 0 Å². The second-order valence-corrected chi connectivity index (χ2v) is 5.34. The van der Waals surface area contributed by atoms with E-state index in [0.717, 1.165) is 5.56 Å². The first-order valence-corrected chi connectivity index (χ1v) is 6.44. The third-order valence-corrected chi connectivity index (χ3v) is 2.43. The molecule has 5 heteroatoms. The maximum atomic E-state index is 11.4. The minimum atomic E-state index is -0.200. The number of ether oxygens (including phenoxy) is 1. The van der Waals surface area contributed by atoms with Crippen LogP contribution in [0.1, 0.15) is 26.3 Å². The highest BCUT2D eigenvalue weighted by molar-refractivity contribution is 9.10. The largest absolute Gasteiger partial charge is 0.475 e. The Morgan fingerprint density at radius 2 is 2.24 bits per heavy atom. The summed E-state index contributed by atoms with van der Waals surface area (Å²) in [6.07, 6.45) is 1.74. The Labute approximate surface area is 110 Å². The molecule has 1 aromatic rings. The molecule has 0 aromatic carbocycles. The monoisotopic (exact) mass is 300 g/mol. The van der Waals surface area contributed by atoms with Gasteiger partial charge in [0.2, 0.25) is 11.8 Å². The molecule has 0 aliphatic carbocycles. The van der Waals surface area contributed by atoms with Crippen molar-refractivity contribution >= 4 is 21.8 Å². The van der Waals surface area contributed by atoms with Gasteiger partial charge < -0.3 is 10.1 Å². The molecule has 1 rings (SSSR count). The molecule has 0 spiro atoms. The van der Waals surface area contributed by atoms with Crippen molar-refractivity contribution in [1.82, 2.24) is 10.3 Å². The molecular weight excluding hydrogens is 284 g/mol. The quantitative estimate of drug-likeness (QED) is 0.849. The van der Waals surface area contributed by atoms with Crippen LogP contribution in [0.2, 0.25) is 0 Å². The highest BCUT2D eigenvalue weighted by Gasteiger charge is 2.11. The minimum Gasteiger partial charge on any atom is -0.475 e. The summed E-state index contributed by atoms with van der Waals surface area (Å²) >= 11 is 3.21. The lowest BCUT2D eigenvalue weighted by Gasteiger charge is -2.13. The van der Waals surface area contributed by atoms with Gasteiger partial charge in [-0.2, -0.15) is 0 Å². The van der Waals surface area contributed by atoms with Gasteiger partial charge in [0.05, 0.1) is 10.9 Å². The molecular formula is C12H17BrN2O2. The lowest BCUT2D eigenvalue weighted by Crippen LogP contribution is -2.29. The zero-order valence-corrected chi connectivity index (χ0v) is 11.8. The van der Waals surface area contributed by atoms with Crippen LogP contribution in [0.3, 0.4) is 0 Å². The van der Waals surface area contributed by atoms with Gasteiger partial charge in [-0.3, -0.25) is 4.79 Å². The van der Waals surface area contributed by atoms with E-state index in [0.29, 0.717) is 12.4 Å². The van der Waals surface area contributed by atoms with Crippen molar-refractivity contribution in [2.45, 2.75) is 38.2 Å². The van der Waals surface area contributed by atoms with Crippen LogP contribution in [-0.4, -0.2) is 21.8 Å². The minimum absolute atomic E-state index is 0.0515. The van der Waals surface area contributed by atoms with Gasteiger partial charge in [-0.05, 0) is 26.8 Å². The summed E-state index contributed by atoms with van der Waals surface area (Å²) in [6.45, 7) is 6.09. The predicted octanol–water partition coefficient (Wildman–Crippen LogP) is 2.27. The number of rotatable bonds is 5. The van der Waals surface area contributed by atoms with Crippen LogP contribution >= 0.6 is 15.9 Å². The standard InChI is InChI=1S/C12H17BrN2O2/c1-8(2)17-12-10(5-4-6-14-12)7-15-11(16)9(3)13/h4-6,8-9H,7H2,1-3H3,(H,15,16). The van der Waals surface area contributed by atoms with E-state index < -0.39 is 0 Å². The summed E-state index contributed by atoms with van der Waals surface area (Å²) in [5, 5.41) is 2.81. The molecule has 0 saturated carbocycles. The number of alkyl halides is 1. The Bertz CT molecular complexity index is 381. The zero-order valence-electron chi connectivity index (χ0n) is 10.2.